The molecule has 0 aromatic heterocycles. The molecule has 1 aromatic rings. The van der Waals surface area contributed by atoms with Crippen molar-refractivity contribution in [1.29, 1.82) is 5.26 Å². The molecule has 0 heterocycles. The number of rotatable bonds is 2. The first-order valence-corrected chi connectivity index (χ1v) is 4.48. The molecular weight excluding hydrogens is 232 g/mol. The Bertz CT molecular complexity index is 357. The second-order valence-corrected chi connectivity index (χ2v) is 3.26. The lowest BCUT2D eigenvalue weighted by atomic mass is 10.1. The summed E-state index contributed by atoms with van der Waals surface area (Å²) < 4.78 is 5.78. The largest absolute Gasteiger partial charge is 0.497 e. The molecule has 4 heteroatoms. The fourth-order valence-electron chi connectivity index (χ4n) is 1.00. The van der Waals surface area contributed by atoms with Gasteiger partial charge in [0.05, 0.1) is 12.7 Å². The molecule has 0 fully saturated rings. The van der Waals surface area contributed by atoms with Crippen molar-refractivity contribution >= 4 is 15.9 Å². The normalized spacial score (nSPS) is 9.38. The maximum Gasteiger partial charge on any atom is 0.120 e. The van der Waals surface area contributed by atoms with Crippen molar-refractivity contribution in [1.82, 2.24) is 0 Å². The number of benzene rings is 1. The average molecular weight is 241 g/mol. The Balaban J connectivity index is 3.31. The van der Waals surface area contributed by atoms with Gasteiger partial charge in [-0.05, 0) is 33.6 Å². The van der Waals surface area contributed by atoms with Crippen LogP contribution in [0.25, 0.3) is 0 Å². The van der Waals surface area contributed by atoms with Crippen LogP contribution in [0.15, 0.2) is 16.6 Å². The first kappa shape index (κ1) is 10.0. The van der Waals surface area contributed by atoms with Crippen molar-refractivity contribution in [3.05, 3.63) is 27.7 Å². The first-order valence-electron chi connectivity index (χ1n) is 3.69. The molecule has 0 aliphatic heterocycles. The second kappa shape index (κ2) is 4.26. The summed E-state index contributed by atoms with van der Waals surface area (Å²) in [6, 6.07) is 5.54. The Morgan fingerprint density at radius 3 is 2.77 bits per heavy atom. The number of nitrogens with two attached hydrogens (primary N) is 1. The Labute approximate surface area is 85.2 Å². The minimum atomic E-state index is 0.381. The fourth-order valence-corrected chi connectivity index (χ4v) is 1.48. The van der Waals surface area contributed by atoms with E-state index in [-0.39, 0.29) is 0 Å². The molecule has 1 rings (SSSR count). The zero-order chi connectivity index (χ0) is 9.84. The Morgan fingerprint density at radius 1 is 1.62 bits per heavy atom. The molecule has 68 valence electrons. The van der Waals surface area contributed by atoms with Crippen LogP contribution < -0.4 is 10.5 Å². The van der Waals surface area contributed by atoms with E-state index in [2.05, 4.69) is 22.0 Å². The van der Waals surface area contributed by atoms with Gasteiger partial charge in [-0.3, -0.25) is 0 Å². The highest BCUT2D eigenvalue weighted by molar-refractivity contribution is 9.10. The van der Waals surface area contributed by atoms with Crippen LogP contribution in [0.1, 0.15) is 11.1 Å². The molecule has 0 unspecified atom stereocenters. The molecule has 13 heavy (non-hydrogen) atoms. The summed E-state index contributed by atoms with van der Waals surface area (Å²) >= 11 is 3.31. The van der Waals surface area contributed by atoms with Crippen LogP contribution in [-0.4, -0.2) is 7.11 Å². The quantitative estimate of drug-likeness (QED) is 0.858. The summed E-state index contributed by atoms with van der Waals surface area (Å²) in [6.07, 6.45) is 0. The third-order valence-corrected chi connectivity index (χ3v) is 2.63. The lowest BCUT2D eigenvalue weighted by molar-refractivity contribution is 0.414. The van der Waals surface area contributed by atoms with E-state index in [1.54, 1.807) is 13.2 Å². The van der Waals surface area contributed by atoms with Gasteiger partial charge in [0.2, 0.25) is 0 Å². The first-order chi connectivity index (χ1) is 6.22. The Morgan fingerprint density at radius 2 is 2.31 bits per heavy atom. The third kappa shape index (κ3) is 2.00. The maximum atomic E-state index is 8.78. The number of nitriles is 1. The van der Waals surface area contributed by atoms with Gasteiger partial charge in [0, 0.05) is 11.0 Å². The number of hydrogen-bond donors (Lipinski definition) is 1. The number of halogens is 1. The number of methoxy groups -OCH3 is 1. The van der Waals surface area contributed by atoms with Gasteiger partial charge in [-0.15, -0.1) is 0 Å². The molecule has 0 amide bonds. The van der Waals surface area contributed by atoms with E-state index in [1.165, 1.54) is 0 Å². The summed E-state index contributed by atoms with van der Waals surface area (Å²) in [4.78, 5) is 0. The standard InChI is InChI=1S/C9H9BrN2O/c1-13-8-2-6(4-11)9(10)7(3-8)5-12/h2-3H,4,11H2,1H3. The molecule has 3 nitrogen and oxygen atoms in total. The molecule has 0 saturated carbocycles. The summed E-state index contributed by atoms with van der Waals surface area (Å²) in [6.45, 7) is 0.381. The Kier molecular flexibility index (Phi) is 3.29. The zero-order valence-corrected chi connectivity index (χ0v) is 8.76. The Hall–Kier alpha value is -1.05. The summed E-state index contributed by atoms with van der Waals surface area (Å²) in [5, 5.41) is 8.78. The lowest BCUT2D eigenvalue weighted by Crippen LogP contribution is -1.99. The van der Waals surface area contributed by atoms with Gasteiger partial charge in [-0.1, -0.05) is 0 Å². The highest BCUT2D eigenvalue weighted by Gasteiger charge is 2.07. The summed E-state index contributed by atoms with van der Waals surface area (Å²) in [7, 11) is 1.56. The van der Waals surface area contributed by atoms with E-state index in [0.717, 1.165) is 10.0 Å². The predicted octanol–water partition coefficient (Wildman–Crippen LogP) is 1.79. The summed E-state index contributed by atoms with van der Waals surface area (Å²) in [5.41, 5.74) is 6.92. The van der Waals surface area contributed by atoms with Crippen molar-refractivity contribution in [2.24, 2.45) is 5.73 Å². The molecular formula is C9H9BrN2O. The van der Waals surface area contributed by atoms with Gasteiger partial charge >= 0.3 is 0 Å². The molecule has 0 atom stereocenters. The van der Waals surface area contributed by atoms with E-state index in [4.69, 9.17) is 15.7 Å². The summed E-state index contributed by atoms with van der Waals surface area (Å²) in [5.74, 6) is 0.653. The molecule has 0 saturated heterocycles. The smallest absolute Gasteiger partial charge is 0.120 e. The van der Waals surface area contributed by atoms with Crippen LogP contribution in [-0.2, 0) is 6.54 Å². The van der Waals surface area contributed by atoms with E-state index < -0.39 is 0 Å². The van der Waals surface area contributed by atoms with Crippen molar-refractivity contribution in [2.75, 3.05) is 7.11 Å². The number of nitrogens with zero attached hydrogens (tertiary/aromatic N) is 1. The van der Waals surface area contributed by atoms with E-state index in [0.29, 0.717) is 17.9 Å². The topological polar surface area (TPSA) is 59.0 Å². The molecule has 0 radical (unpaired) electrons. The van der Waals surface area contributed by atoms with Crippen LogP contribution >= 0.6 is 15.9 Å². The zero-order valence-electron chi connectivity index (χ0n) is 7.17. The van der Waals surface area contributed by atoms with E-state index in [9.17, 15) is 0 Å². The van der Waals surface area contributed by atoms with Crippen LogP contribution in [0.2, 0.25) is 0 Å². The van der Waals surface area contributed by atoms with Gasteiger partial charge in [0.15, 0.2) is 0 Å². The maximum absolute atomic E-state index is 8.78. The number of hydrogen-bond acceptors (Lipinski definition) is 3. The minimum absolute atomic E-state index is 0.381. The fraction of sp³-hybridized carbons (Fsp3) is 0.222. The second-order valence-electron chi connectivity index (χ2n) is 2.46. The molecule has 1 aromatic carbocycles. The van der Waals surface area contributed by atoms with Gasteiger partial charge in [0.1, 0.15) is 11.8 Å². The van der Waals surface area contributed by atoms with Crippen molar-refractivity contribution in [3.8, 4) is 11.8 Å². The van der Waals surface area contributed by atoms with Crippen LogP contribution in [0.4, 0.5) is 0 Å². The van der Waals surface area contributed by atoms with Crippen LogP contribution in [0.3, 0.4) is 0 Å². The molecule has 0 bridgehead atoms. The average Bonchev–Trinajstić information content (AvgIpc) is 2.18. The predicted molar refractivity (Wildman–Crippen MR) is 53.3 cm³/mol. The van der Waals surface area contributed by atoms with Crippen molar-refractivity contribution < 1.29 is 4.74 Å². The van der Waals surface area contributed by atoms with Crippen molar-refractivity contribution in [2.45, 2.75) is 6.54 Å². The molecule has 0 aliphatic carbocycles. The van der Waals surface area contributed by atoms with Gasteiger partial charge in [-0.2, -0.15) is 5.26 Å². The SMILES string of the molecule is COc1cc(C#N)c(Br)c(CN)c1. The third-order valence-electron chi connectivity index (χ3n) is 1.70. The monoisotopic (exact) mass is 240 g/mol. The van der Waals surface area contributed by atoms with E-state index >= 15 is 0 Å². The highest BCUT2D eigenvalue weighted by atomic mass is 79.9. The number of ether oxygens (including phenoxy) is 1. The van der Waals surface area contributed by atoms with Gasteiger partial charge < -0.3 is 10.5 Å². The van der Waals surface area contributed by atoms with E-state index in [1.807, 2.05) is 6.07 Å². The van der Waals surface area contributed by atoms with Gasteiger partial charge in [0.25, 0.3) is 0 Å². The lowest BCUT2D eigenvalue weighted by Gasteiger charge is -2.06. The highest BCUT2D eigenvalue weighted by Crippen LogP contribution is 2.26. The van der Waals surface area contributed by atoms with Crippen LogP contribution in [0.5, 0.6) is 5.75 Å². The molecule has 2 N–H and O–H groups in total. The molecule has 0 aliphatic rings. The molecule has 0 spiro atoms. The van der Waals surface area contributed by atoms with Gasteiger partial charge in [-0.25, -0.2) is 0 Å². The van der Waals surface area contributed by atoms with Crippen molar-refractivity contribution in [3.63, 3.8) is 0 Å². The van der Waals surface area contributed by atoms with Crippen LogP contribution in [0, 0.1) is 11.3 Å². The minimum Gasteiger partial charge on any atom is -0.497 e.